The molecule has 1 unspecified atom stereocenters. The van der Waals surface area contributed by atoms with Crippen LogP contribution < -0.4 is 15.2 Å². The van der Waals surface area contributed by atoms with E-state index in [0.29, 0.717) is 30.2 Å². The van der Waals surface area contributed by atoms with E-state index in [0.717, 1.165) is 19.4 Å². The number of hydrogen-bond donors (Lipinski definition) is 2. The highest BCUT2D eigenvalue weighted by molar-refractivity contribution is 7.91. The number of anilines is 1. The van der Waals surface area contributed by atoms with E-state index in [2.05, 4.69) is 9.12 Å². The largest absolute Gasteiger partial charge is 0.492 e. The molecule has 0 spiro atoms. The van der Waals surface area contributed by atoms with Gasteiger partial charge in [0.25, 0.3) is 0 Å². The fourth-order valence-electron chi connectivity index (χ4n) is 3.03. The quantitative estimate of drug-likeness (QED) is 0.831. The van der Waals surface area contributed by atoms with Gasteiger partial charge in [0.05, 0.1) is 17.9 Å². The maximum absolute atomic E-state index is 11.6. The molecule has 2 aliphatic heterocycles. The standard InChI is InChI=1S/C15H20N4O4S/c1-10(20)19-7-3-4-11(8-19)9-23-13-6-2-5-12-14(13)15(16)18-24(21,22)17-12/h2,5-6,11,17H,3-4,7-9H2,1H3,(H2,16,18). The van der Waals surface area contributed by atoms with Crippen LogP contribution in [0.15, 0.2) is 22.6 Å². The minimum Gasteiger partial charge on any atom is -0.492 e. The molecule has 3 N–H and O–H groups in total. The molecule has 1 atom stereocenters. The van der Waals surface area contributed by atoms with E-state index in [1.807, 2.05) is 4.90 Å². The Kier molecular flexibility index (Phi) is 4.35. The second-order valence-electron chi connectivity index (χ2n) is 6.02. The predicted molar refractivity (Wildman–Crippen MR) is 90.2 cm³/mol. The lowest BCUT2D eigenvalue weighted by Crippen LogP contribution is -2.40. The van der Waals surface area contributed by atoms with Crippen LogP contribution in [-0.4, -0.2) is 44.8 Å². The number of fused-ring (bicyclic) bond motifs is 1. The number of ether oxygens (including phenoxy) is 1. The third-order valence-electron chi connectivity index (χ3n) is 4.18. The topological polar surface area (TPSA) is 114 Å². The molecule has 1 amide bonds. The van der Waals surface area contributed by atoms with Crippen molar-refractivity contribution in [2.75, 3.05) is 24.4 Å². The minimum absolute atomic E-state index is 0.0718. The number of nitrogens with two attached hydrogens (primary N) is 1. The first kappa shape index (κ1) is 16.6. The molecule has 0 bridgehead atoms. The van der Waals surface area contributed by atoms with Crippen LogP contribution in [0.4, 0.5) is 5.69 Å². The summed E-state index contributed by atoms with van der Waals surface area (Å²) in [5, 5.41) is 0. The van der Waals surface area contributed by atoms with E-state index in [4.69, 9.17) is 10.5 Å². The van der Waals surface area contributed by atoms with Crippen molar-refractivity contribution in [3.8, 4) is 5.75 Å². The molecule has 0 radical (unpaired) electrons. The molecule has 3 rings (SSSR count). The summed E-state index contributed by atoms with van der Waals surface area (Å²) in [6.07, 6.45) is 1.93. The first-order valence-corrected chi connectivity index (χ1v) is 9.19. The van der Waals surface area contributed by atoms with Gasteiger partial charge in [-0.1, -0.05) is 6.07 Å². The summed E-state index contributed by atoms with van der Waals surface area (Å²) in [6, 6.07) is 5.03. The van der Waals surface area contributed by atoms with Crippen LogP contribution >= 0.6 is 0 Å². The summed E-state index contributed by atoms with van der Waals surface area (Å²) in [5.74, 6) is 0.698. The number of amides is 1. The maximum Gasteiger partial charge on any atom is 0.344 e. The number of hydrogen-bond acceptors (Lipinski definition) is 5. The van der Waals surface area contributed by atoms with Gasteiger partial charge in [0.1, 0.15) is 5.75 Å². The number of amidine groups is 1. The van der Waals surface area contributed by atoms with Gasteiger partial charge in [0.2, 0.25) is 5.91 Å². The molecule has 8 nitrogen and oxygen atoms in total. The number of benzene rings is 1. The summed E-state index contributed by atoms with van der Waals surface area (Å²) >= 11 is 0. The summed E-state index contributed by atoms with van der Waals surface area (Å²) < 4.78 is 34.9. The normalized spacial score (nSPS) is 22.1. The van der Waals surface area contributed by atoms with E-state index in [-0.39, 0.29) is 17.7 Å². The number of nitrogens with zero attached hydrogens (tertiary/aromatic N) is 2. The Morgan fingerprint density at radius 2 is 2.29 bits per heavy atom. The average Bonchev–Trinajstić information content (AvgIpc) is 2.51. The fraction of sp³-hybridized carbons (Fsp3) is 0.467. The Labute approximate surface area is 140 Å². The first-order chi connectivity index (χ1) is 11.4. The van der Waals surface area contributed by atoms with Crippen LogP contribution in [0.5, 0.6) is 5.75 Å². The molecule has 0 aromatic heterocycles. The van der Waals surface area contributed by atoms with Gasteiger partial charge in [-0.15, -0.1) is 4.40 Å². The van der Waals surface area contributed by atoms with Crippen molar-refractivity contribution >= 4 is 27.6 Å². The van der Waals surface area contributed by atoms with Gasteiger partial charge in [-0.05, 0) is 25.0 Å². The molecule has 130 valence electrons. The Bertz CT molecular complexity index is 791. The molecule has 2 heterocycles. The lowest BCUT2D eigenvalue weighted by atomic mass is 9.99. The summed E-state index contributed by atoms with van der Waals surface area (Å²) in [7, 11) is -3.80. The van der Waals surface area contributed by atoms with Crippen molar-refractivity contribution in [1.82, 2.24) is 4.90 Å². The zero-order chi connectivity index (χ0) is 17.3. The molecule has 0 saturated carbocycles. The molecule has 2 aliphatic rings. The SMILES string of the molecule is CC(=O)N1CCCC(COc2cccc3c2C(N)=NS(=O)(=O)N3)C1. The molecule has 9 heteroatoms. The lowest BCUT2D eigenvalue weighted by molar-refractivity contribution is -0.130. The molecular weight excluding hydrogens is 332 g/mol. The van der Waals surface area contributed by atoms with Gasteiger partial charge in [0.15, 0.2) is 5.84 Å². The summed E-state index contributed by atoms with van der Waals surface area (Å²) in [6.45, 7) is 3.45. The Hall–Kier alpha value is -2.29. The van der Waals surface area contributed by atoms with Crippen LogP contribution in [0.2, 0.25) is 0 Å². The van der Waals surface area contributed by atoms with E-state index in [1.165, 1.54) is 0 Å². The molecule has 1 fully saturated rings. The number of rotatable bonds is 3. The van der Waals surface area contributed by atoms with Gasteiger partial charge in [-0.3, -0.25) is 9.52 Å². The molecule has 1 saturated heterocycles. The van der Waals surface area contributed by atoms with Gasteiger partial charge < -0.3 is 15.4 Å². The van der Waals surface area contributed by atoms with E-state index in [1.54, 1.807) is 25.1 Å². The number of piperidine rings is 1. The van der Waals surface area contributed by atoms with Crippen molar-refractivity contribution in [3.05, 3.63) is 23.8 Å². The highest BCUT2D eigenvalue weighted by Gasteiger charge is 2.26. The molecule has 0 aliphatic carbocycles. The van der Waals surface area contributed by atoms with Crippen molar-refractivity contribution in [2.45, 2.75) is 19.8 Å². The zero-order valence-electron chi connectivity index (χ0n) is 13.4. The summed E-state index contributed by atoms with van der Waals surface area (Å²) in [4.78, 5) is 13.3. The van der Waals surface area contributed by atoms with Crippen molar-refractivity contribution in [3.63, 3.8) is 0 Å². The lowest BCUT2D eigenvalue weighted by Gasteiger charge is -2.32. The van der Waals surface area contributed by atoms with Crippen molar-refractivity contribution in [1.29, 1.82) is 0 Å². The molecule has 1 aromatic carbocycles. The monoisotopic (exact) mass is 352 g/mol. The van der Waals surface area contributed by atoms with Crippen LogP contribution in [0.3, 0.4) is 0 Å². The first-order valence-electron chi connectivity index (χ1n) is 7.75. The number of carbonyl (C=O) groups is 1. The fourth-order valence-corrected chi connectivity index (χ4v) is 3.88. The Morgan fingerprint density at radius 3 is 3.04 bits per heavy atom. The van der Waals surface area contributed by atoms with E-state index >= 15 is 0 Å². The molecule has 24 heavy (non-hydrogen) atoms. The van der Waals surface area contributed by atoms with Gasteiger partial charge in [-0.2, -0.15) is 8.42 Å². The second-order valence-corrected chi connectivity index (χ2v) is 7.35. The average molecular weight is 352 g/mol. The Morgan fingerprint density at radius 1 is 1.50 bits per heavy atom. The third-order valence-corrected chi connectivity index (χ3v) is 5.09. The van der Waals surface area contributed by atoms with Gasteiger partial charge >= 0.3 is 10.2 Å². The molecule has 1 aromatic rings. The molecular formula is C15H20N4O4S. The van der Waals surface area contributed by atoms with Gasteiger partial charge in [0, 0.05) is 25.9 Å². The van der Waals surface area contributed by atoms with Crippen LogP contribution in [0.1, 0.15) is 25.3 Å². The Balaban J connectivity index is 1.74. The minimum atomic E-state index is -3.80. The van der Waals surface area contributed by atoms with Crippen LogP contribution in [0.25, 0.3) is 0 Å². The highest BCUT2D eigenvalue weighted by Crippen LogP contribution is 2.31. The predicted octanol–water partition coefficient (Wildman–Crippen LogP) is 0.700. The van der Waals surface area contributed by atoms with Gasteiger partial charge in [-0.25, -0.2) is 0 Å². The summed E-state index contributed by atoms with van der Waals surface area (Å²) in [5.41, 5.74) is 6.60. The smallest absolute Gasteiger partial charge is 0.344 e. The van der Waals surface area contributed by atoms with Crippen molar-refractivity contribution < 1.29 is 17.9 Å². The van der Waals surface area contributed by atoms with E-state index in [9.17, 15) is 13.2 Å². The van der Waals surface area contributed by atoms with Crippen LogP contribution in [-0.2, 0) is 15.0 Å². The highest BCUT2D eigenvalue weighted by atomic mass is 32.2. The maximum atomic E-state index is 11.6. The number of carbonyl (C=O) groups excluding carboxylic acids is 1. The second kappa shape index (κ2) is 6.31. The number of nitrogens with one attached hydrogen (secondary N) is 1. The third kappa shape index (κ3) is 3.45. The number of likely N-dealkylation sites (tertiary alicyclic amines) is 1. The van der Waals surface area contributed by atoms with Crippen molar-refractivity contribution in [2.24, 2.45) is 16.0 Å². The van der Waals surface area contributed by atoms with Crippen LogP contribution in [0, 0.1) is 5.92 Å². The zero-order valence-corrected chi connectivity index (χ0v) is 14.2. The van der Waals surface area contributed by atoms with E-state index < -0.39 is 10.2 Å².